The summed E-state index contributed by atoms with van der Waals surface area (Å²) in [6.07, 6.45) is 3.06. The maximum absolute atomic E-state index is 12.1. The van der Waals surface area contributed by atoms with Crippen LogP contribution in [0.2, 0.25) is 0 Å². The Morgan fingerprint density at radius 3 is 2.74 bits per heavy atom. The number of nitrogens with two attached hydrogens (primary N) is 1. The molecule has 0 amide bonds. The number of nitrogen functional groups attached to an aromatic ring is 1. The number of nitrogens with zero attached hydrogens (tertiary/aromatic N) is 4. The lowest BCUT2D eigenvalue weighted by molar-refractivity contribution is 0.0593. The van der Waals surface area contributed by atoms with Crippen LogP contribution in [0.15, 0.2) is 17.2 Å². The SMILES string of the molecule is COC(=O)c1nn(-c2cnn(C)c2)c(=O)c(I)c1N. The van der Waals surface area contributed by atoms with E-state index < -0.39 is 11.5 Å². The Morgan fingerprint density at radius 1 is 1.53 bits per heavy atom. The molecule has 8 nitrogen and oxygen atoms in total. The van der Waals surface area contributed by atoms with E-state index in [1.807, 2.05) is 0 Å². The smallest absolute Gasteiger partial charge is 0.360 e. The van der Waals surface area contributed by atoms with Crippen LogP contribution in [0.1, 0.15) is 10.5 Å². The van der Waals surface area contributed by atoms with Crippen LogP contribution in [0.5, 0.6) is 0 Å². The summed E-state index contributed by atoms with van der Waals surface area (Å²) in [5.74, 6) is -0.701. The fourth-order valence-electron chi connectivity index (χ4n) is 1.45. The summed E-state index contributed by atoms with van der Waals surface area (Å²) in [6, 6.07) is 0. The van der Waals surface area contributed by atoms with Gasteiger partial charge in [0.1, 0.15) is 9.26 Å². The van der Waals surface area contributed by atoms with E-state index in [4.69, 9.17) is 5.73 Å². The minimum Gasteiger partial charge on any atom is -0.464 e. The minimum atomic E-state index is -0.701. The molecule has 0 saturated heterocycles. The van der Waals surface area contributed by atoms with Crippen molar-refractivity contribution in [2.24, 2.45) is 7.05 Å². The molecule has 0 aliphatic heterocycles. The summed E-state index contributed by atoms with van der Waals surface area (Å²) >= 11 is 1.77. The fraction of sp³-hybridized carbons (Fsp3) is 0.200. The van der Waals surface area contributed by atoms with Gasteiger partial charge in [0.05, 0.1) is 25.2 Å². The van der Waals surface area contributed by atoms with E-state index in [0.29, 0.717) is 5.69 Å². The molecule has 9 heteroatoms. The van der Waals surface area contributed by atoms with Gasteiger partial charge in [0.15, 0.2) is 5.69 Å². The van der Waals surface area contributed by atoms with Gasteiger partial charge in [-0.25, -0.2) is 4.79 Å². The summed E-state index contributed by atoms with van der Waals surface area (Å²) in [5.41, 5.74) is 5.64. The van der Waals surface area contributed by atoms with Crippen molar-refractivity contribution < 1.29 is 9.53 Å². The molecule has 0 saturated carbocycles. The van der Waals surface area contributed by atoms with Crippen molar-refractivity contribution in [3.05, 3.63) is 32.0 Å². The quantitative estimate of drug-likeness (QED) is 0.583. The maximum Gasteiger partial charge on any atom is 0.360 e. The highest BCUT2D eigenvalue weighted by Gasteiger charge is 2.20. The highest BCUT2D eigenvalue weighted by atomic mass is 127. The molecule has 0 aliphatic carbocycles. The number of esters is 1. The maximum atomic E-state index is 12.1. The van der Waals surface area contributed by atoms with Gasteiger partial charge in [0, 0.05) is 7.05 Å². The fourth-order valence-corrected chi connectivity index (χ4v) is 1.94. The Morgan fingerprint density at radius 2 is 2.21 bits per heavy atom. The number of halogens is 1. The topological polar surface area (TPSA) is 105 Å². The van der Waals surface area contributed by atoms with Crippen LogP contribution in [-0.4, -0.2) is 32.6 Å². The third-order valence-corrected chi connectivity index (χ3v) is 3.43. The molecule has 2 rings (SSSR count). The zero-order valence-electron chi connectivity index (χ0n) is 10.1. The average molecular weight is 375 g/mol. The summed E-state index contributed by atoms with van der Waals surface area (Å²) in [4.78, 5) is 23.7. The third kappa shape index (κ3) is 2.32. The second-order valence-electron chi connectivity index (χ2n) is 3.66. The van der Waals surface area contributed by atoms with Crippen molar-refractivity contribution in [1.29, 1.82) is 0 Å². The van der Waals surface area contributed by atoms with Crippen LogP contribution >= 0.6 is 22.6 Å². The number of carbonyl (C=O) groups excluding carboxylic acids is 1. The molecule has 0 radical (unpaired) electrons. The zero-order chi connectivity index (χ0) is 14.2. The lowest BCUT2D eigenvalue weighted by atomic mass is 10.3. The molecule has 0 fully saturated rings. The van der Waals surface area contributed by atoms with Crippen molar-refractivity contribution in [3.63, 3.8) is 0 Å². The van der Waals surface area contributed by atoms with Crippen molar-refractivity contribution in [1.82, 2.24) is 19.6 Å². The van der Waals surface area contributed by atoms with Gasteiger partial charge in [-0.2, -0.15) is 14.9 Å². The summed E-state index contributed by atoms with van der Waals surface area (Å²) < 4.78 is 7.38. The Labute approximate surface area is 121 Å². The average Bonchev–Trinajstić information content (AvgIpc) is 2.82. The highest BCUT2D eigenvalue weighted by Crippen LogP contribution is 2.16. The van der Waals surface area contributed by atoms with E-state index in [-0.39, 0.29) is 15.0 Å². The van der Waals surface area contributed by atoms with E-state index in [1.165, 1.54) is 18.0 Å². The molecule has 0 aliphatic rings. The molecule has 2 N–H and O–H groups in total. The first-order valence-electron chi connectivity index (χ1n) is 5.11. The van der Waals surface area contributed by atoms with Gasteiger partial charge in [-0.1, -0.05) is 0 Å². The first-order chi connectivity index (χ1) is 8.95. The second-order valence-corrected chi connectivity index (χ2v) is 4.74. The molecule has 100 valence electrons. The third-order valence-electron chi connectivity index (χ3n) is 2.39. The monoisotopic (exact) mass is 375 g/mol. The van der Waals surface area contributed by atoms with Crippen LogP contribution in [0.25, 0.3) is 5.69 Å². The molecule has 2 aromatic heterocycles. The lowest BCUT2D eigenvalue weighted by Gasteiger charge is -2.08. The molecule has 19 heavy (non-hydrogen) atoms. The molecular formula is C10H10IN5O3. The van der Waals surface area contributed by atoms with E-state index in [9.17, 15) is 9.59 Å². The van der Waals surface area contributed by atoms with Crippen molar-refractivity contribution >= 4 is 34.2 Å². The first-order valence-corrected chi connectivity index (χ1v) is 6.19. The van der Waals surface area contributed by atoms with E-state index in [2.05, 4.69) is 14.9 Å². The molecule has 0 unspecified atom stereocenters. The molecule has 2 aromatic rings. The van der Waals surface area contributed by atoms with Gasteiger partial charge in [-0.3, -0.25) is 9.48 Å². The summed E-state index contributed by atoms with van der Waals surface area (Å²) in [5, 5.41) is 7.88. The van der Waals surface area contributed by atoms with Crippen molar-refractivity contribution in [2.45, 2.75) is 0 Å². The number of aromatic nitrogens is 4. The number of hydrogen-bond acceptors (Lipinski definition) is 6. The molecule has 0 spiro atoms. The number of anilines is 1. The normalized spacial score (nSPS) is 10.5. The highest BCUT2D eigenvalue weighted by molar-refractivity contribution is 14.1. The molecule has 2 heterocycles. The van der Waals surface area contributed by atoms with Gasteiger partial charge in [-0.15, -0.1) is 0 Å². The predicted octanol–water partition coefficient (Wildman–Crippen LogP) is -0.0606. The Kier molecular flexibility index (Phi) is 3.55. The van der Waals surface area contributed by atoms with Gasteiger partial charge >= 0.3 is 5.97 Å². The summed E-state index contributed by atoms with van der Waals surface area (Å²) in [7, 11) is 2.92. The Bertz CT molecular complexity index is 706. The number of hydrogen-bond donors (Lipinski definition) is 1. The largest absolute Gasteiger partial charge is 0.464 e. The molecule has 0 atom stereocenters. The Balaban J connectivity index is 2.72. The lowest BCUT2D eigenvalue weighted by Crippen LogP contribution is -2.28. The second kappa shape index (κ2) is 4.99. The van der Waals surface area contributed by atoms with E-state index in [1.54, 1.807) is 35.8 Å². The first kappa shape index (κ1) is 13.5. The van der Waals surface area contributed by atoms with Crippen LogP contribution in [0.4, 0.5) is 5.69 Å². The summed E-state index contributed by atoms with van der Waals surface area (Å²) in [6.45, 7) is 0. The van der Waals surface area contributed by atoms with Crippen molar-refractivity contribution in [3.8, 4) is 5.69 Å². The number of carbonyl (C=O) groups is 1. The molecule has 0 bridgehead atoms. The van der Waals surface area contributed by atoms with Gasteiger partial charge in [0.2, 0.25) is 0 Å². The van der Waals surface area contributed by atoms with Crippen molar-refractivity contribution in [2.75, 3.05) is 12.8 Å². The zero-order valence-corrected chi connectivity index (χ0v) is 12.3. The van der Waals surface area contributed by atoms with Crippen LogP contribution < -0.4 is 11.3 Å². The van der Waals surface area contributed by atoms with Crippen LogP contribution in [-0.2, 0) is 11.8 Å². The standard InChI is InChI=1S/C10H10IN5O3/c1-15-4-5(3-13-15)16-9(17)6(11)7(12)8(14-16)10(18)19-2/h3-4H,12H2,1-2H3. The van der Waals surface area contributed by atoms with Gasteiger partial charge in [-0.05, 0) is 22.6 Å². The number of aryl methyl sites for hydroxylation is 1. The van der Waals surface area contributed by atoms with E-state index >= 15 is 0 Å². The number of methoxy groups -OCH3 is 1. The van der Waals surface area contributed by atoms with E-state index in [0.717, 1.165) is 4.68 Å². The number of ether oxygens (including phenoxy) is 1. The molecule has 0 aromatic carbocycles. The minimum absolute atomic E-state index is 0.0117. The van der Waals surface area contributed by atoms with Crippen LogP contribution in [0.3, 0.4) is 0 Å². The molecular weight excluding hydrogens is 365 g/mol. The van der Waals surface area contributed by atoms with Gasteiger partial charge < -0.3 is 10.5 Å². The van der Waals surface area contributed by atoms with Gasteiger partial charge in [0.25, 0.3) is 5.56 Å². The number of rotatable bonds is 2. The Hall–Kier alpha value is -1.91. The predicted molar refractivity (Wildman–Crippen MR) is 75.1 cm³/mol. The van der Waals surface area contributed by atoms with Crippen LogP contribution in [0, 0.1) is 3.57 Å².